The largest absolute Gasteiger partial charge is 0.444 e. The Balaban J connectivity index is 1.34. The molecule has 1 aromatic heterocycles. The summed E-state index contributed by atoms with van der Waals surface area (Å²) in [5.41, 5.74) is 0.487. The summed E-state index contributed by atoms with van der Waals surface area (Å²) in [4.78, 5) is 31.6. The Morgan fingerprint density at radius 1 is 1.18 bits per heavy atom. The molecule has 33 heavy (non-hydrogen) atoms. The molecule has 0 aromatic carbocycles. The number of likely N-dealkylation sites (tertiary alicyclic amines) is 1. The van der Waals surface area contributed by atoms with E-state index in [0.29, 0.717) is 26.3 Å². The molecular formula is C24H38N4O5. The van der Waals surface area contributed by atoms with Crippen LogP contribution in [0.25, 0.3) is 0 Å². The number of nitrogens with zero attached hydrogens (tertiary/aromatic N) is 3. The van der Waals surface area contributed by atoms with Crippen molar-refractivity contribution in [1.82, 2.24) is 19.8 Å². The summed E-state index contributed by atoms with van der Waals surface area (Å²) in [6, 6.07) is -0.0298. The van der Waals surface area contributed by atoms with Crippen molar-refractivity contribution in [2.45, 2.75) is 96.1 Å². The lowest BCUT2D eigenvalue weighted by Gasteiger charge is -2.36. The molecule has 0 bridgehead atoms. The van der Waals surface area contributed by atoms with Gasteiger partial charge in [0.05, 0.1) is 24.3 Å². The Hall–Kier alpha value is -2.13. The molecule has 3 atom stereocenters. The van der Waals surface area contributed by atoms with Gasteiger partial charge in [-0.3, -0.25) is 4.79 Å². The first kappa shape index (κ1) is 24.0. The number of rotatable bonds is 5. The highest BCUT2D eigenvalue weighted by atomic mass is 16.6. The average Bonchev–Trinajstić information content (AvgIpc) is 3.41. The molecule has 0 aliphatic carbocycles. The van der Waals surface area contributed by atoms with Gasteiger partial charge < -0.3 is 29.0 Å². The third-order valence-corrected chi connectivity index (χ3v) is 6.58. The molecule has 3 aliphatic heterocycles. The molecule has 9 heteroatoms. The van der Waals surface area contributed by atoms with Crippen molar-refractivity contribution in [2.75, 3.05) is 26.3 Å². The van der Waals surface area contributed by atoms with Crippen molar-refractivity contribution in [3.63, 3.8) is 0 Å². The zero-order valence-corrected chi connectivity index (χ0v) is 20.3. The molecule has 2 amide bonds. The summed E-state index contributed by atoms with van der Waals surface area (Å²) in [6.07, 6.45) is 5.63. The zero-order valence-electron chi connectivity index (χ0n) is 20.3. The van der Waals surface area contributed by atoms with E-state index in [1.54, 1.807) is 4.90 Å². The first-order chi connectivity index (χ1) is 15.7. The maximum absolute atomic E-state index is 12.7. The lowest BCUT2D eigenvalue weighted by molar-refractivity contribution is -0.131. The molecule has 1 aromatic rings. The number of piperidine rings is 1. The second-order valence-corrected chi connectivity index (χ2v) is 10.4. The molecule has 9 nitrogen and oxygen atoms in total. The Morgan fingerprint density at radius 3 is 2.61 bits per heavy atom. The van der Waals surface area contributed by atoms with Crippen molar-refractivity contribution < 1.29 is 23.8 Å². The fourth-order valence-corrected chi connectivity index (χ4v) is 4.89. The Bertz CT molecular complexity index is 834. The van der Waals surface area contributed by atoms with E-state index in [2.05, 4.69) is 16.1 Å². The first-order valence-electron chi connectivity index (χ1n) is 12.2. The molecule has 0 spiro atoms. The number of imidazole rings is 1. The van der Waals surface area contributed by atoms with Gasteiger partial charge in [0.1, 0.15) is 17.5 Å². The second kappa shape index (κ2) is 10.0. The van der Waals surface area contributed by atoms with Gasteiger partial charge in [0.25, 0.3) is 0 Å². The average molecular weight is 463 g/mol. The van der Waals surface area contributed by atoms with Crippen LogP contribution in [0.2, 0.25) is 0 Å². The predicted molar refractivity (Wildman–Crippen MR) is 122 cm³/mol. The van der Waals surface area contributed by atoms with E-state index >= 15 is 0 Å². The van der Waals surface area contributed by atoms with E-state index < -0.39 is 5.60 Å². The second-order valence-electron chi connectivity index (χ2n) is 10.4. The smallest absolute Gasteiger partial charge is 0.410 e. The fraction of sp³-hybridized carbons (Fsp3) is 0.792. The van der Waals surface area contributed by atoms with Gasteiger partial charge in [0, 0.05) is 38.5 Å². The number of amides is 2. The summed E-state index contributed by atoms with van der Waals surface area (Å²) < 4.78 is 19.6. The zero-order chi connectivity index (χ0) is 23.6. The van der Waals surface area contributed by atoms with Gasteiger partial charge >= 0.3 is 6.09 Å². The Morgan fingerprint density at radius 2 is 1.94 bits per heavy atom. The monoisotopic (exact) mass is 462 g/mol. The minimum Gasteiger partial charge on any atom is -0.444 e. The van der Waals surface area contributed by atoms with Crippen molar-refractivity contribution in [3.8, 4) is 0 Å². The highest BCUT2D eigenvalue weighted by molar-refractivity contribution is 5.81. The predicted octanol–water partition coefficient (Wildman–Crippen LogP) is 2.76. The summed E-state index contributed by atoms with van der Waals surface area (Å²) in [5.74, 6) is 0.939. The normalized spacial score (nSPS) is 26.2. The maximum Gasteiger partial charge on any atom is 0.410 e. The highest BCUT2D eigenvalue weighted by Crippen LogP contribution is 2.29. The van der Waals surface area contributed by atoms with Crippen LogP contribution >= 0.6 is 0 Å². The van der Waals surface area contributed by atoms with Gasteiger partial charge in [0.15, 0.2) is 0 Å². The van der Waals surface area contributed by atoms with E-state index in [1.165, 1.54) is 0 Å². The molecule has 0 radical (unpaired) electrons. The number of hydrogen-bond donors (Lipinski definition) is 1. The molecule has 3 aliphatic rings. The van der Waals surface area contributed by atoms with Crippen LogP contribution in [-0.4, -0.2) is 76.6 Å². The van der Waals surface area contributed by atoms with Crippen LogP contribution in [0.15, 0.2) is 6.20 Å². The Labute approximate surface area is 196 Å². The van der Waals surface area contributed by atoms with Gasteiger partial charge in [-0.15, -0.1) is 0 Å². The summed E-state index contributed by atoms with van der Waals surface area (Å²) in [7, 11) is 0. The molecule has 4 heterocycles. The fourth-order valence-electron chi connectivity index (χ4n) is 4.89. The first-order valence-corrected chi connectivity index (χ1v) is 12.2. The standard InChI is InChI=1S/C24H38N4O5/c1-16-14-28-12-9-19(26-22(29)20-6-5-13-31-20)18(21(28)25-16)15-32-17-7-10-27(11-8-17)23(30)33-24(2,3)4/h14,17-20H,5-13,15H2,1-4H3,(H,26,29)/t18?,19?,20-/m0/s1. The number of fused-ring (bicyclic) bond motifs is 1. The Kier molecular flexibility index (Phi) is 7.28. The minimum absolute atomic E-state index is 0.0123. The number of aromatic nitrogens is 2. The van der Waals surface area contributed by atoms with Gasteiger partial charge in [-0.2, -0.15) is 0 Å². The van der Waals surface area contributed by atoms with E-state index in [4.69, 9.17) is 19.2 Å². The molecule has 2 unspecified atom stereocenters. The third kappa shape index (κ3) is 6.06. The maximum atomic E-state index is 12.7. The molecule has 184 valence electrons. The number of ether oxygens (including phenoxy) is 3. The summed E-state index contributed by atoms with van der Waals surface area (Å²) in [6.45, 7) is 10.9. The number of hydrogen-bond acceptors (Lipinski definition) is 6. The number of carbonyl (C=O) groups excluding carboxylic acids is 2. The molecule has 2 saturated heterocycles. The van der Waals surface area contributed by atoms with E-state index in [9.17, 15) is 9.59 Å². The minimum atomic E-state index is -0.492. The topological polar surface area (TPSA) is 94.9 Å². The van der Waals surface area contributed by atoms with Crippen molar-refractivity contribution in [2.24, 2.45) is 0 Å². The van der Waals surface area contributed by atoms with Crippen LogP contribution in [0.5, 0.6) is 0 Å². The van der Waals surface area contributed by atoms with Crippen LogP contribution in [0.4, 0.5) is 4.79 Å². The SMILES string of the molecule is Cc1cn2c(n1)C(COC1CCN(C(=O)OC(C)(C)C)CC1)C(NC(=O)[C@@H]1CCCO1)CC2. The molecule has 1 N–H and O–H groups in total. The summed E-state index contributed by atoms with van der Waals surface area (Å²) in [5, 5.41) is 3.23. The van der Waals surface area contributed by atoms with Gasteiger partial charge in [-0.25, -0.2) is 9.78 Å². The van der Waals surface area contributed by atoms with Crippen LogP contribution < -0.4 is 5.32 Å². The van der Waals surface area contributed by atoms with E-state index in [1.807, 2.05) is 27.7 Å². The van der Waals surface area contributed by atoms with Crippen LogP contribution in [0.1, 0.15) is 70.3 Å². The van der Waals surface area contributed by atoms with Gasteiger partial charge in [-0.1, -0.05) is 0 Å². The third-order valence-electron chi connectivity index (χ3n) is 6.58. The number of aryl methyl sites for hydroxylation is 2. The van der Waals surface area contributed by atoms with Crippen molar-refractivity contribution >= 4 is 12.0 Å². The van der Waals surface area contributed by atoms with Gasteiger partial charge in [-0.05, 0) is 59.8 Å². The van der Waals surface area contributed by atoms with Crippen LogP contribution in [-0.2, 0) is 25.5 Å². The van der Waals surface area contributed by atoms with Crippen molar-refractivity contribution in [3.05, 3.63) is 17.7 Å². The van der Waals surface area contributed by atoms with Crippen LogP contribution in [0, 0.1) is 6.92 Å². The summed E-state index contributed by atoms with van der Waals surface area (Å²) >= 11 is 0. The number of nitrogens with one attached hydrogen (secondary N) is 1. The van der Waals surface area contributed by atoms with E-state index in [0.717, 1.165) is 50.2 Å². The quantitative estimate of drug-likeness (QED) is 0.723. The van der Waals surface area contributed by atoms with E-state index in [-0.39, 0.29) is 36.2 Å². The lowest BCUT2D eigenvalue weighted by atomic mass is 9.92. The highest BCUT2D eigenvalue weighted by Gasteiger charge is 2.36. The molecular weight excluding hydrogens is 424 g/mol. The van der Waals surface area contributed by atoms with Gasteiger partial charge in [0.2, 0.25) is 5.91 Å². The van der Waals surface area contributed by atoms with Crippen LogP contribution in [0.3, 0.4) is 0 Å². The molecule has 0 saturated carbocycles. The number of carbonyl (C=O) groups is 2. The molecule has 2 fully saturated rings. The van der Waals surface area contributed by atoms with Crippen molar-refractivity contribution in [1.29, 1.82) is 0 Å². The lowest BCUT2D eigenvalue weighted by Crippen LogP contribution is -2.48. The molecule has 4 rings (SSSR count).